The van der Waals surface area contributed by atoms with Gasteiger partial charge in [-0.25, -0.2) is 4.98 Å². The largest absolute Gasteiger partial charge is 0.416 e. The van der Waals surface area contributed by atoms with E-state index in [1.807, 2.05) is 24.3 Å². The lowest BCUT2D eigenvalue weighted by molar-refractivity contribution is -0.137. The van der Waals surface area contributed by atoms with Gasteiger partial charge in [0.15, 0.2) is 0 Å². The van der Waals surface area contributed by atoms with Crippen LogP contribution in [0.25, 0.3) is 11.0 Å². The quantitative estimate of drug-likeness (QED) is 0.736. The van der Waals surface area contributed by atoms with Gasteiger partial charge in [-0.2, -0.15) is 13.2 Å². The summed E-state index contributed by atoms with van der Waals surface area (Å²) in [5.74, 6) is 0.659. The topological polar surface area (TPSA) is 49.0 Å². The van der Waals surface area contributed by atoms with Crippen molar-refractivity contribution in [3.05, 3.63) is 65.5 Å². The monoisotopic (exact) mass is 373 g/mol. The number of amides is 1. The predicted molar refractivity (Wildman–Crippen MR) is 94.9 cm³/mol. The third-order valence-electron chi connectivity index (χ3n) is 4.93. The lowest BCUT2D eigenvalue weighted by atomic mass is 10.1. The van der Waals surface area contributed by atoms with Crippen LogP contribution in [-0.4, -0.2) is 27.3 Å². The number of carbonyl (C=O) groups excluding carboxylic acids is 1. The average molecular weight is 373 g/mol. The fourth-order valence-corrected chi connectivity index (χ4v) is 3.57. The summed E-state index contributed by atoms with van der Waals surface area (Å²) in [6.07, 6.45) is -2.60. The number of nitrogens with zero attached hydrogens (tertiary/aromatic N) is 2. The van der Waals surface area contributed by atoms with E-state index in [9.17, 15) is 18.0 Å². The molecule has 2 aromatic carbocycles. The summed E-state index contributed by atoms with van der Waals surface area (Å²) in [6, 6.07) is 12.3. The van der Waals surface area contributed by atoms with Crippen LogP contribution in [0.1, 0.15) is 35.8 Å². The maximum absolute atomic E-state index is 12.8. The van der Waals surface area contributed by atoms with E-state index < -0.39 is 11.7 Å². The number of H-pyrrole nitrogens is 1. The number of imidazole rings is 1. The first-order valence-corrected chi connectivity index (χ1v) is 8.82. The van der Waals surface area contributed by atoms with Crippen molar-refractivity contribution in [3.63, 3.8) is 0 Å². The van der Waals surface area contributed by atoms with Gasteiger partial charge < -0.3 is 9.88 Å². The Morgan fingerprint density at radius 1 is 1.15 bits per heavy atom. The van der Waals surface area contributed by atoms with Crippen molar-refractivity contribution in [2.45, 2.75) is 31.5 Å². The molecule has 1 N–H and O–H groups in total. The fraction of sp³-hybridized carbons (Fsp3) is 0.300. The Kier molecular flexibility index (Phi) is 4.37. The van der Waals surface area contributed by atoms with Crippen molar-refractivity contribution in [2.24, 2.45) is 0 Å². The number of rotatable bonds is 3. The highest BCUT2D eigenvalue weighted by atomic mass is 19.4. The van der Waals surface area contributed by atoms with Crippen LogP contribution in [-0.2, 0) is 17.4 Å². The SMILES string of the molecule is O=C(Cc1ccc(C(F)(F)F)cc1)N1CCC[C@@H]1c1nc2ccccc2[nH]1. The van der Waals surface area contributed by atoms with E-state index in [1.54, 1.807) is 4.90 Å². The van der Waals surface area contributed by atoms with Crippen LogP contribution in [0.2, 0.25) is 0 Å². The minimum absolute atomic E-state index is 0.0782. The van der Waals surface area contributed by atoms with Crippen LogP contribution in [0.3, 0.4) is 0 Å². The maximum Gasteiger partial charge on any atom is 0.416 e. The molecule has 1 aliphatic rings. The van der Waals surface area contributed by atoms with E-state index in [-0.39, 0.29) is 18.4 Å². The Labute approximate surface area is 154 Å². The Hall–Kier alpha value is -2.83. The molecule has 1 atom stereocenters. The van der Waals surface area contributed by atoms with E-state index in [2.05, 4.69) is 9.97 Å². The van der Waals surface area contributed by atoms with Crippen molar-refractivity contribution >= 4 is 16.9 Å². The van der Waals surface area contributed by atoms with Crippen molar-refractivity contribution in [2.75, 3.05) is 6.54 Å². The lowest BCUT2D eigenvalue weighted by Crippen LogP contribution is -2.32. The molecule has 0 radical (unpaired) electrons. The smallest absolute Gasteiger partial charge is 0.340 e. The zero-order valence-electron chi connectivity index (χ0n) is 14.5. The summed E-state index contributed by atoms with van der Waals surface area (Å²) >= 11 is 0. The third-order valence-corrected chi connectivity index (χ3v) is 4.93. The van der Waals surface area contributed by atoms with Crippen molar-refractivity contribution in [3.8, 4) is 0 Å². The minimum Gasteiger partial charge on any atom is -0.340 e. The predicted octanol–water partition coefficient (Wildman–Crippen LogP) is 4.49. The first kappa shape index (κ1) is 17.6. The molecule has 27 heavy (non-hydrogen) atoms. The first-order valence-electron chi connectivity index (χ1n) is 8.82. The van der Waals surface area contributed by atoms with E-state index in [0.717, 1.165) is 41.8 Å². The van der Waals surface area contributed by atoms with E-state index >= 15 is 0 Å². The molecule has 0 spiro atoms. The van der Waals surface area contributed by atoms with Gasteiger partial charge in [-0.05, 0) is 42.7 Å². The van der Waals surface area contributed by atoms with Gasteiger partial charge >= 0.3 is 6.18 Å². The van der Waals surface area contributed by atoms with Gasteiger partial charge in [-0.3, -0.25) is 4.79 Å². The highest BCUT2D eigenvalue weighted by Gasteiger charge is 2.33. The number of carbonyl (C=O) groups is 1. The van der Waals surface area contributed by atoms with Gasteiger partial charge in [0.25, 0.3) is 0 Å². The molecule has 2 heterocycles. The molecule has 1 aliphatic heterocycles. The zero-order valence-corrected chi connectivity index (χ0v) is 14.5. The molecule has 1 amide bonds. The average Bonchev–Trinajstić information content (AvgIpc) is 3.28. The minimum atomic E-state index is -4.37. The van der Waals surface area contributed by atoms with E-state index in [0.29, 0.717) is 12.1 Å². The van der Waals surface area contributed by atoms with Crippen molar-refractivity contribution in [1.82, 2.24) is 14.9 Å². The summed E-state index contributed by atoms with van der Waals surface area (Å²) in [6.45, 7) is 0.626. The van der Waals surface area contributed by atoms with Crippen LogP contribution >= 0.6 is 0 Å². The molecule has 4 nitrogen and oxygen atoms in total. The highest BCUT2D eigenvalue weighted by molar-refractivity contribution is 5.80. The molecular weight excluding hydrogens is 355 g/mol. The number of benzene rings is 2. The maximum atomic E-state index is 12.8. The van der Waals surface area contributed by atoms with Crippen LogP contribution in [0.15, 0.2) is 48.5 Å². The molecular formula is C20H18F3N3O. The number of hydrogen-bond donors (Lipinski definition) is 1. The van der Waals surface area contributed by atoms with Gasteiger partial charge in [0.05, 0.1) is 29.1 Å². The van der Waals surface area contributed by atoms with Gasteiger partial charge in [0.1, 0.15) is 5.82 Å². The second-order valence-electron chi connectivity index (χ2n) is 6.76. The molecule has 4 rings (SSSR count). The molecule has 7 heteroatoms. The number of likely N-dealkylation sites (tertiary alicyclic amines) is 1. The standard InChI is InChI=1S/C20H18F3N3O/c21-20(22,23)14-9-7-13(8-10-14)12-18(27)26-11-3-6-17(26)19-24-15-4-1-2-5-16(15)25-19/h1-2,4-5,7-10,17H,3,6,11-12H2,(H,24,25)/t17-/m1/s1. The lowest BCUT2D eigenvalue weighted by Gasteiger charge is -2.23. The number of fused-ring (bicyclic) bond motifs is 1. The molecule has 1 fully saturated rings. The number of para-hydroxylation sites is 2. The Morgan fingerprint density at radius 2 is 1.89 bits per heavy atom. The third kappa shape index (κ3) is 3.54. The Morgan fingerprint density at radius 3 is 2.59 bits per heavy atom. The van der Waals surface area contributed by atoms with Crippen LogP contribution < -0.4 is 0 Å². The van der Waals surface area contributed by atoms with Crippen LogP contribution in [0.5, 0.6) is 0 Å². The number of halogens is 3. The summed E-state index contributed by atoms with van der Waals surface area (Å²) in [5.41, 5.74) is 1.65. The molecule has 140 valence electrons. The first-order chi connectivity index (χ1) is 12.9. The molecule has 0 saturated carbocycles. The number of hydrogen-bond acceptors (Lipinski definition) is 2. The zero-order chi connectivity index (χ0) is 19.0. The fourth-order valence-electron chi connectivity index (χ4n) is 3.57. The van der Waals surface area contributed by atoms with Gasteiger partial charge in [-0.1, -0.05) is 24.3 Å². The summed E-state index contributed by atoms with van der Waals surface area (Å²) < 4.78 is 38.0. The summed E-state index contributed by atoms with van der Waals surface area (Å²) in [5, 5.41) is 0. The molecule has 0 unspecified atom stereocenters. The molecule has 1 saturated heterocycles. The number of aromatic nitrogens is 2. The van der Waals surface area contributed by atoms with Crippen LogP contribution in [0, 0.1) is 0 Å². The normalized spacial score (nSPS) is 17.6. The number of alkyl halides is 3. The van der Waals surface area contributed by atoms with Gasteiger partial charge in [-0.15, -0.1) is 0 Å². The molecule has 3 aromatic rings. The Balaban J connectivity index is 1.50. The van der Waals surface area contributed by atoms with E-state index in [1.165, 1.54) is 12.1 Å². The highest BCUT2D eigenvalue weighted by Crippen LogP contribution is 2.32. The van der Waals surface area contributed by atoms with Gasteiger partial charge in [0, 0.05) is 6.54 Å². The number of nitrogens with one attached hydrogen (secondary N) is 1. The second kappa shape index (κ2) is 6.72. The molecule has 0 bridgehead atoms. The second-order valence-corrected chi connectivity index (χ2v) is 6.76. The summed E-state index contributed by atoms with van der Waals surface area (Å²) in [7, 11) is 0. The summed E-state index contributed by atoms with van der Waals surface area (Å²) in [4.78, 5) is 22.4. The van der Waals surface area contributed by atoms with Crippen LogP contribution in [0.4, 0.5) is 13.2 Å². The van der Waals surface area contributed by atoms with Crippen molar-refractivity contribution < 1.29 is 18.0 Å². The van der Waals surface area contributed by atoms with Gasteiger partial charge in [0.2, 0.25) is 5.91 Å². The van der Waals surface area contributed by atoms with E-state index in [4.69, 9.17) is 0 Å². The Bertz CT molecular complexity index is 930. The number of aromatic amines is 1. The molecule has 0 aliphatic carbocycles. The molecule has 1 aromatic heterocycles. The van der Waals surface area contributed by atoms with Crippen molar-refractivity contribution in [1.29, 1.82) is 0 Å².